The predicted octanol–water partition coefficient (Wildman–Crippen LogP) is 4.02. The number of piperidine rings is 1. The van der Waals surface area contributed by atoms with Gasteiger partial charge in [-0.15, -0.1) is 10.2 Å². The van der Waals surface area contributed by atoms with Crippen LogP contribution >= 0.6 is 0 Å². The molecule has 3 aromatic rings. The van der Waals surface area contributed by atoms with E-state index in [4.69, 9.17) is 0 Å². The first-order valence-electron chi connectivity index (χ1n) is 10.7. The molecule has 0 radical (unpaired) electrons. The van der Waals surface area contributed by atoms with Gasteiger partial charge in [0.25, 0.3) is 0 Å². The van der Waals surface area contributed by atoms with E-state index in [-0.39, 0.29) is 45.5 Å². The lowest BCUT2D eigenvalue weighted by Crippen LogP contribution is -2.58. The van der Waals surface area contributed by atoms with Crippen LogP contribution in [0, 0.1) is 11.6 Å². The molecule has 0 spiro atoms. The summed E-state index contributed by atoms with van der Waals surface area (Å²) in [7, 11) is 1.84. The van der Waals surface area contributed by atoms with Gasteiger partial charge in [-0.1, -0.05) is 0 Å². The second-order valence-electron chi connectivity index (χ2n) is 9.66. The Bertz CT molecular complexity index is 1150. The van der Waals surface area contributed by atoms with Gasteiger partial charge in [-0.05, 0) is 51.7 Å². The summed E-state index contributed by atoms with van der Waals surface area (Å²) in [6, 6.07) is 3.74. The van der Waals surface area contributed by atoms with Crippen LogP contribution in [-0.4, -0.2) is 49.7 Å². The normalized spacial score (nSPS) is 27.0. The lowest BCUT2D eigenvalue weighted by Gasteiger charge is -2.45. The van der Waals surface area contributed by atoms with Gasteiger partial charge in [0.15, 0.2) is 11.6 Å². The molecule has 168 valence electrons. The molecule has 0 amide bonds. The third kappa shape index (κ3) is 3.50. The van der Waals surface area contributed by atoms with E-state index in [1.54, 1.807) is 0 Å². The molecule has 2 saturated heterocycles. The second-order valence-corrected chi connectivity index (χ2v) is 9.66. The van der Waals surface area contributed by atoms with E-state index in [0.717, 1.165) is 31.7 Å². The number of nitrogens with zero attached hydrogens (tertiary/aromatic N) is 4. The van der Waals surface area contributed by atoms with Gasteiger partial charge >= 0.3 is 0 Å². The lowest BCUT2D eigenvalue weighted by atomic mass is 9.84. The maximum Gasteiger partial charge on any atom is 0.187 e. The number of aromatic nitrogens is 4. The van der Waals surface area contributed by atoms with Gasteiger partial charge in [0.05, 0.1) is 11.9 Å². The first kappa shape index (κ1) is 20.8. The minimum atomic E-state index is -0.575. The Morgan fingerprint density at radius 2 is 1.75 bits per heavy atom. The van der Waals surface area contributed by atoms with Crippen LogP contribution in [-0.2, 0) is 0 Å². The number of halogens is 2. The highest BCUT2D eigenvalue weighted by atomic mass is 19.1. The summed E-state index contributed by atoms with van der Waals surface area (Å²) in [4.78, 5) is 1.86. The smallest absolute Gasteiger partial charge is 0.187 e. The summed E-state index contributed by atoms with van der Waals surface area (Å²) >= 11 is 0. The van der Waals surface area contributed by atoms with Gasteiger partial charge < -0.3 is 15.3 Å². The van der Waals surface area contributed by atoms with Crippen molar-refractivity contribution < 1.29 is 13.9 Å². The van der Waals surface area contributed by atoms with Gasteiger partial charge in [-0.2, -0.15) is 5.10 Å². The van der Waals surface area contributed by atoms with E-state index in [1.165, 1.54) is 24.5 Å². The molecule has 1 aromatic carbocycles. The summed E-state index contributed by atoms with van der Waals surface area (Å²) in [6.45, 7) is 4.43. The van der Waals surface area contributed by atoms with Crippen LogP contribution in [0.4, 0.5) is 14.6 Å². The van der Waals surface area contributed by atoms with Gasteiger partial charge in [0, 0.05) is 53.1 Å². The minimum absolute atomic E-state index is 0.0375. The van der Waals surface area contributed by atoms with Crippen LogP contribution in [0.5, 0.6) is 5.75 Å². The van der Waals surface area contributed by atoms with E-state index in [1.807, 2.05) is 11.9 Å². The molecule has 2 bridgehead atoms. The standard InChI is InChI=1S/C23H26F2N6O/c1-22-4-5-23(2,30-22)10-14(9-22)31(3)21-18(25)8-19(28-29-21)16-6-17(24)15(7-20(16)32)13-11-26-27-12-13/h6-8,11-12,14,30,32H,4-5,9-10H2,1-3H3,(H,26,27)/t14?,22-,23+. The average Bonchev–Trinajstić information content (AvgIpc) is 3.34. The number of hydrogen-bond donors (Lipinski definition) is 3. The van der Waals surface area contributed by atoms with Gasteiger partial charge in [-0.25, -0.2) is 8.78 Å². The Kier molecular flexibility index (Phi) is 4.70. The van der Waals surface area contributed by atoms with Crippen molar-refractivity contribution in [1.29, 1.82) is 0 Å². The van der Waals surface area contributed by atoms with E-state index in [2.05, 4.69) is 39.6 Å². The summed E-state index contributed by atoms with van der Waals surface area (Å²) in [6.07, 6.45) is 6.96. The molecule has 2 aromatic heterocycles. The van der Waals surface area contributed by atoms with Crippen LogP contribution in [0.3, 0.4) is 0 Å². The van der Waals surface area contributed by atoms with Crippen molar-refractivity contribution in [3.8, 4) is 28.1 Å². The van der Waals surface area contributed by atoms with Gasteiger partial charge in [-0.3, -0.25) is 5.10 Å². The molecular formula is C23H26F2N6O. The molecule has 3 N–H and O–H groups in total. The molecule has 2 aliphatic rings. The number of benzene rings is 1. The molecule has 0 aliphatic carbocycles. The number of rotatable bonds is 4. The van der Waals surface area contributed by atoms with Crippen LogP contribution in [0.2, 0.25) is 0 Å². The zero-order valence-electron chi connectivity index (χ0n) is 18.3. The highest BCUT2D eigenvalue weighted by Gasteiger charge is 2.49. The number of phenolic OH excluding ortho intramolecular Hbond substituents is 1. The fourth-order valence-corrected chi connectivity index (χ4v) is 5.39. The van der Waals surface area contributed by atoms with Crippen molar-refractivity contribution in [3.63, 3.8) is 0 Å². The van der Waals surface area contributed by atoms with E-state index in [0.29, 0.717) is 5.56 Å². The molecule has 4 heterocycles. The van der Waals surface area contributed by atoms with Crippen molar-refractivity contribution in [1.82, 2.24) is 25.7 Å². The minimum Gasteiger partial charge on any atom is -0.507 e. The number of phenols is 1. The molecule has 3 atom stereocenters. The Balaban J connectivity index is 1.43. The van der Waals surface area contributed by atoms with Crippen LogP contribution in [0.15, 0.2) is 30.6 Å². The van der Waals surface area contributed by atoms with Crippen molar-refractivity contribution in [3.05, 3.63) is 42.2 Å². The second kappa shape index (κ2) is 7.23. The fourth-order valence-electron chi connectivity index (χ4n) is 5.39. The van der Waals surface area contributed by atoms with Gasteiger partial charge in [0.2, 0.25) is 0 Å². The quantitative estimate of drug-likeness (QED) is 0.568. The number of aromatic amines is 1. The summed E-state index contributed by atoms with van der Waals surface area (Å²) < 4.78 is 29.8. The van der Waals surface area contributed by atoms with Gasteiger partial charge in [0.1, 0.15) is 11.6 Å². The van der Waals surface area contributed by atoms with Crippen LogP contribution in [0.25, 0.3) is 22.4 Å². The SMILES string of the molecule is CN(c1nnc(-c2cc(F)c(-c3cn[nH]c3)cc2O)cc1F)C1C[C@]2(C)CC[C@](C)(C1)N2. The molecular weight excluding hydrogens is 414 g/mol. The highest BCUT2D eigenvalue weighted by Crippen LogP contribution is 2.44. The Morgan fingerprint density at radius 3 is 2.38 bits per heavy atom. The summed E-state index contributed by atoms with van der Waals surface area (Å²) in [5, 5.41) is 28.8. The largest absolute Gasteiger partial charge is 0.507 e. The molecule has 32 heavy (non-hydrogen) atoms. The monoisotopic (exact) mass is 440 g/mol. The van der Waals surface area contributed by atoms with E-state index in [9.17, 15) is 9.50 Å². The molecule has 0 saturated carbocycles. The number of H-pyrrole nitrogens is 1. The van der Waals surface area contributed by atoms with E-state index >= 15 is 4.39 Å². The summed E-state index contributed by atoms with van der Waals surface area (Å²) in [5.41, 5.74) is 0.907. The van der Waals surface area contributed by atoms with Crippen LogP contribution in [0.1, 0.15) is 39.5 Å². The number of anilines is 1. The third-order valence-corrected chi connectivity index (χ3v) is 6.99. The Hall–Kier alpha value is -3.07. The molecule has 2 aliphatic heterocycles. The highest BCUT2D eigenvalue weighted by molar-refractivity contribution is 5.74. The number of fused-ring (bicyclic) bond motifs is 2. The number of aromatic hydroxyl groups is 1. The molecule has 1 unspecified atom stereocenters. The third-order valence-electron chi connectivity index (χ3n) is 6.99. The zero-order valence-corrected chi connectivity index (χ0v) is 18.3. The average molecular weight is 440 g/mol. The summed E-state index contributed by atoms with van der Waals surface area (Å²) in [5.74, 6) is -1.19. The molecule has 5 rings (SSSR count). The Labute approximate surface area is 184 Å². The maximum atomic E-state index is 15.1. The van der Waals surface area contributed by atoms with Crippen molar-refractivity contribution >= 4 is 5.82 Å². The fraction of sp³-hybridized carbons (Fsp3) is 0.435. The van der Waals surface area contributed by atoms with Crippen molar-refractivity contribution in [2.24, 2.45) is 0 Å². The zero-order chi connectivity index (χ0) is 22.7. The topological polar surface area (TPSA) is 90.0 Å². The first-order chi connectivity index (χ1) is 15.2. The molecule has 9 heteroatoms. The molecule has 7 nitrogen and oxygen atoms in total. The maximum absolute atomic E-state index is 15.1. The van der Waals surface area contributed by atoms with Crippen molar-refractivity contribution in [2.45, 2.75) is 56.7 Å². The lowest BCUT2D eigenvalue weighted by molar-refractivity contribution is 0.207. The van der Waals surface area contributed by atoms with Crippen molar-refractivity contribution in [2.75, 3.05) is 11.9 Å². The first-order valence-corrected chi connectivity index (χ1v) is 10.7. The van der Waals surface area contributed by atoms with Crippen LogP contribution < -0.4 is 10.2 Å². The molecule has 2 fully saturated rings. The van der Waals surface area contributed by atoms with E-state index < -0.39 is 11.6 Å². The predicted molar refractivity (Wildman–Crippen MR) is 117 cm³/mol. The Morgan fingerprint density at radius 1 is 1.03 bits per heavy atom. The number of hydrogen-bond acceptors (Lipinski definition) is 6. The number of nitrogens with one attached hydrogen (secondary N) is 2.